The zero-order valence-corrected chi connectivity index (χ0v) is 25.0. The zero-order valence-electron chi connectivity index (χ0n) is 23.5. The van der Waals surface area contributed by atoms with Crippen molar-refractivity contribution in [2.75, 3.05) is 13.8 Å². The highest BCUT2D eigenvalue weighted by Gasteiger charge is 2.51. The summed E-state index contributed by atoms with van der Waals surface area (Å²) >= 11 is 12.6. The predicted octanol–water partition coefficient (Wildman–Crippen LogP) is 6.72. The number of carbonyl (C=O) groups excluding carboxylic acids is 1. The normalized spacial score (nSPS) is 18.5. The maximum Gasteiger partial charge on any atom is 0.224 e. The van der Waals surface area contributed by atoms with Crippen LogP contribution in [0.5, 0.6) is 0 Å². The van der Waals surface area contributed by atoms with Crippen molar-refractivity contribution in [1.29, 1.82) is 0 Å². The highest BCUT2D eigenvalue weighted by molar-refractivity contribution is 6.42. The number of amides is 1. The molecule has 4 aromatic rings. The number of hydrogen-bond donors (Lipinski definition) is 1. The Kier molecular flexibility index (Phi) is 8.80. The zero-order chi connectivity index (χ0) is 29.1. The second-order valence-electron chi connectivity index (χ2n) is 11.2. The van der Waals surface area contributed by atoms with Gasteiger partial charge in [0.1, 0.15) is 6.23 Å². The first kappa shape index (κ1) is 29.3. The van der Waals surface area contributed by atoms with Gasteiger partial charge in [-0.05, 0) is 59.7 Å². The molecule has 1 amide bonds. The van der Waals surface area contributed by atoms with Gasteiger partial charge in [-0.3, -0.25) is 9.78 Å². The number of benzene rings is 2. The van der Waals surface area contributed by atoms with Crippen molar-refractivity contribution in [2.45, 2.75) is 45.3 Å². The van der Waals surface area contributed by atoms with E-state index in [2.05, 4.69) is 24.9 Å². The Morgan fingerprint density at radius 1 is 1.12 bits per heavy atom. The molecule has 2 aromatic carbocycles. The van der Waals surface area contributed by atoms with Crippen LogP contribution in [0.1, 0.15) is 43.9 Å². The molecule has 214 valence electrons. The lowest BCUT2D eigenvalue weighted by atomic mass is 9.52. The van der Waals surface area contributed by atoms with Gasteiger partial charge in [0.05, 0.1) is 28.2 Å². The van der Waals surface area contributed by atoms with Crippen LogP contribution >= 0.6 is 23.2 Å². The fraction of sp³-hybridized carbons (Fsp3) is 0.344. The topological polar surface area (TPSA) is 86.3 Å². The second kappa shape index (κ2) is 12.3. The van der Waals surface area contributed by atoms with Crippen LogP contribution in [0, 0.1) is 11.3 Å². The van der Waals surface area contributed by atoms with Crippen molar-refractivity contribution in [3.05, 3.63) is 100 Å². The van der Waals surface area contributed by atoms with Crippen molar-refractivity contribution in [3.63, 3.8) is 0 Å². The van der Waals surface area contributed by atoms with Gasteiger partial charge in [0.2, 0.25) is 5.91 Å². The van der Waals surface area contributed by atoms with E-state index in [9.17, 15) is 4.79 Å². The van der Waals surface area contributed by atoms with Crippen LogP contribution in [0.2, 0.25) is 10.0 Å². The second-order valence-corrected chi connectivity index (χ2v) is 12.0. The van der Waals surface area contributed by atoms with Crippen molar-refractivity contribution < 1.29 is 9.53 Å². The molecule has 1 aliphatic rings. The third kappa shape index (κ3) is 6.19. The monoisotopic (exact) mass is 591 g/mol. The molecule has 1 unspecified atom stereocenters. The molecule has 41 heavy (non-hydrogen) atoms. The van der Waals surface area contributed by atoms with E-state index in [-0.39, 0.29) is 29.9 Å². The van der Waals surface area contributed by atoms with Crippen LogP contribution in [0.4, 0.5) is 0 Å². The predicted molar refractivity (Wildman–Crippen MR) is 163 cm³/mol. The van der Waals surface area contributed by atoms with Gasteiger partial charge < -0.3 is 15.4 Å². The van der Waals surface area contributed by atoms with E-state index in [1.54, 1.807) is 24.2 Å². The van der Waals surface area contributed by atoms with Gasteiger partial charge in [-0.25, -0.2) is 4.68 Å². The number of nitrogens with two attached hydrogens (primary N) is 1. The molecule has 9 heteroatoms. The lowest BCUT2D eigenvalue weighted by Gasteiger charge is -2.52. The number of halogens is 2. The molecule has 0 radical (unpaired) electrons. The van der Waals surface area contributed by atoms with Crippen molar-refractivity contribution >= 4 is 29.1 Å². The van der Waals surface area contributed by atoms with E-state index < -0.39 is 6.23 Å². The molecule has 0 saturated heterocycles. The minimum atomic E-state index is -0.424. The summed E-state index contributed by atoms with van der Waals surface area (Å²) in [5.41, 5.74) is 10.3. The Hall–Kier alpha value is -3.23. The minimum Gasteiger partial charge on any atom is -0.343 e. The SMILES string of the molecule is CN(C(=O)C[C@H]1C[C@H](c2cc(-c3cccnc3)nn2-c2ccc(Cl)c(Cl)c2)C1(C)C)C(Cc1ccccc1)OCN. The fourth-order valence-electron chi connectivity index (χ4n) is 5.74. The lowest BCUT2D eigenvalue weighted by molar-refractivity contribution is -0.147. The maximum absolute atomic E-state index is 13.5. The first-order valence-corrected chi connectivity index (χ1v) is 14.5. The van der Waals surface area contributed by atoms with Crippen molar-refractivity contribution in [3.8, 4) is 16.9 Å². The molecule has 0 aliphatic heterocycles. The summed E-state index contributed by atoms with van der Waals surface area (Å²) in [7, 11) is 1.80. The molecule has 2 aromatic heterocycles. The first-order valence-electron chi connectivity index (χ1n) is 13.8. The van der Waals surface area contributed by atoms with Gasteiger partial charge in [-0.15, -0.1) is 0 Å². The summed E-state index contributed by atoms with van der Waals surface area (Å²) in [6.07, 6.45) is 4.99. The van der Waals surface area contributed by atoms with E-state index in [4.69, 9.17) is 38.8 Å². The molecule has 2 heterocycles. The van der Waals surface area contributed by atoms with Crippen LogP contribution in [0.15, 0.2) is 79.1 Å². The summed E-state index contributed by atoms with van der Waals surface area (Å²) in [6, 6.07) is 21.6. The minimum absolute atomic E-state index is 0.0457. The first-order chi connectivity index (χ1) is 19.7. The van der Waals surface area contributed by atoms with Crippen LogP contribution < -0.4 is 5.73 Å². The molecule has 5 rings (SSSR count). The summed E-state index contributed by atoms with van der Waals surface area (Å²) in [6.45, 7) is 4.50. The molecule has 1 fully saturated rings. The number of likely N-dealkylation sites (N-methyl/N-ethyl adjacent to an activating group) is 1. The number of aromatic nitrogens is 3. The van der Waals surface area contributed by atoms with E-state index in [1.807, 2.05) is 65.5 Å². The quantitative estimate of drug-likeness (QED) is 0.207. The van der Waals surface area contributed by atoms with Crippen LogP contribution in [0.3, 0.4) is 0 Å². The molecule has 1 saturated carbocycles. The number of rotatable bonds is 10. The van der Waals surface area contributed by atoms with Gasteiger partial charge in [-0.2, -0.15) is 5.10 Å². The summed E-state index contributed by atoms with van der Waals surface area (Å²) in [5.74, 6) is 0.417. The smallest absolute Gasteiger partial charge is 0.224 e. The third-order valence-electron chi connectivity index (χ3n) is 8.46. The largest absolute Gasteiger partial charge is 0.343 e. The highest BCUT2D eigenvalue weighted by atomic mass is 35.5. The van der Waals surface area contributed by atoms with Crippen LogP contribution in [0.25, 0.3) is 16.9 Å². The van der Waals surface area contributed by atoms with Crippen molar-refractivity contribution in [1.82, 2.24) is 19.7 Å². The molecule has 0 spiro atoms. The summed E-state index contributed by atoms with van der Waals surface area (Å²) in [4.78, 5) is 19.5. The average Bonchev–Trinajstić information content (AvgIpc) is 3.41. The Bertz CT molecular complexity index is 1490. The van der Waals surface area contributed by atoms with Crippen LogP contribution in [-0.2, 0) is 16.0 Å². The summed E-state index contributed by atoms with van der Waals surface area (Å²) in [5, 5.41) is 5.92. The highest BCUT2D eigenvalue weighted by Crippen LogP contribution is 2.58. The number of carbonyl (C=O) groups is 1. The molecule has 2 N–H and O–H groups in total. The van der Waals surface area contributed by atoms with Gasteiger partial charge in [-0.1, -0.05) is 67.4 Å². The standard InChI is InChI=1S/C32H35Cl2N5O2/c1-32(2)23(16-30(40)38(3)31(41-20-35)14-21-8-5-4-6-9-21)15-25(32)29-18-28(22-10-7-13-36-19-22)37-39(29)24-11-12-26(33)27(34)17-24/h4-13,17-19,23,25,31H,14-16,20,35H2,1-3H3/t23-,25-,31?/m1/s1. The summed E-state index contributed by atoms with van der Waals surface area (Å²) < 4.78 is 7.73. The molecule has 7 nitrogen and oxygen atoms in total. The molecular weight excluding hydrogens is 557 g/mol. The third-order valence-corrected chi connectivity index (χ3v) is 9.20. The van der Waals surface area contributed by atoms with Gasteiger partial charge in [0.15, 0.2) is 0 Å². The fourth-order valence-corrected chi connectivity index (χ4v) is 6.03. The Labute approximate surface area is 251 Å². The molecule has 1 aliphatic carbocycles. The maximum atomic E-state index is 13.5. The van der Waals surface area contributed by atoms with E-state index in [0.717, 1.165) is 34.6 Å². The number of pyridine rings is 1. The van der Waals surface area contributed by atoms with Gasteiger partial charge in [0.25, 0.3) is 0 Å². The molecule has 0 bridgehead atoms. The Morgan fingerprint density at radius 2 is 1.90 bits per heavy atom. The van der Waals surface area contributed by atoms with Gasteiger partial charge >= 0.3 is 0 Å². The molecule has 3 atom stereocenters. The number of nitrogens with zero attached hydrogens (tertiary/aromatic N) is 4. The number of hydrogen-bond acceptors (Lipinski definition) is 5. The van der Waals surface area contributed by atoms with Crippen molar-refractivity contribution in [2.24, 2.45) is 17.1 Å². The van der Waals surface area contributed by atoms with Crippen LogP contribution in [-0.4, -0.2) is 45.6 Å². The van der Waals surface area contributed by atoms with E-state index in [0.29, 0.717) is 22.9 Å². The van der Waals surface area contributed by atoms with E-state index >= 15 is 0 Å². The van der Waals surface area contributed by atoms with Gasteiger partial charge in [0, 0.05) is 49.5 Å². The lowest BCUT2D eigenvalue weighted by Crippen LogP contribution is -2.48. The molecular formula is C32H35Cl2N5O2. The van der Waals surface area contributed by atoms with E-state index in [1.165, 1.54) is 0 Å². The average molecular weight is 593 g/mol. The Balaban J connectivity index is 1.37. The Morgan fingerprint density at radius 3 is 2.56 bits per heavy atom. The number of ether oxygens (including phenoxy) is 1.